The van der Waals surface area contributed by atoms with Gasteiger partial charge in [-0.3, -0.25) is 19.2 Å². The molecule has 28 heavy (non-hydrogen) atoms. The molecule has 0 fully saturated rings. The molecular formula is C17H22N4O7. The number of hydrogen-bond acceptors (Lipinski definition) is 6. The Kier molecular flexibility index (Phi) is 8.56. The second kappa shape index (κ2) is 10.6. The van der Waals surface area contributed by atoms with E-state index in [2.05, 4.69) is 10.6 Å². The number of carbonyl (C=O) groups excluding carboxylic acids is 3. The minimum absolute atomic E-state index is 0.0448. The molecule has 0 heterocycles. The molecular weight excluding hydrogens is 372 g/mol. The third-order valence-corrected chi connectivity index (χ3v) is 3.67. The maximum absolute atomic E-state index is 12.4. The zero-order chi connectivity index (χ0) is 21.3. The average molecular weight is 394 g/mol. The van der Waals surface area contributed by atoms with Gasteiger partial charge in [0.1, 0.15) is 12.1 Å². The number of nitrogens with two attached hydrogens (primary N) is 2. The molecule has 0 radical (unpaired) electrons. The highest BCUT2D eigenvalue weighted by Gasteiger charge is 2.30. The zero-order valence-electron chi connectivity index (χ0n) is 14.8. The summed E-state index contributed by atoms with van der Waals surface area (Å²) in [6.45, 7) is 0. The van der Waals surface area contributed by atoms with Crippen molar-refractivity contribution in [2.75, 3.05) is 0 Å². The van der Waals surface area contributed by atoms with Gasteiger partial charge < -0.3 is 32.3 Å². The normalized spacial score (nSPS) is 13.6. The van der Waals surface area contributed by atoms with Crippen molar-refractivity contribution < 1.29 is 34.2 Å². The van der Waals surface area contributed by atoms with Crippen molar-refractivity contribution in [3.8, 4) is 0 Å². The third kappa shape index (κ3) is 7.83. The number of carboxylic acids is 2. The fourth-order valence-corrected chi connectivity index (χ4v) is 2.29. The summed E-state index contributed by atoms with van der Waals surface area (Å²) in [5.74, 6) is -5.56. The van der Waals surface area contributed by atoms with Gasteiger partial charge in [0, 0.05) is 6.42 Å². The monoisotopic (exact) mass is 394 g/mol. The molecule has 1 aromatic carbocycles. The smallest absolute Gasteiger partial charge is 0.326 e. The summed E-state index contributed by atoms with van der Waals surface area (Å²) in [4.78, 5) is 57.6. The van der Waals surface area contributed by atoms with Crippen molar-refractivity contribution in [3.63, 3.8) is 0 Å². The summed E-state index contributed by atoms with van der Waals surface area (Å²) in [7, 11) is 0. The first-order valence-corrected chi connectivity index (χ1v) is 8.23. The molecule has 3 atom stereocenters. The number of carbonyl (C=O) groups is 5. The summed E-state index contributed by atoms with van der Waals surface area (Å²) < 4.78 is 0. The largest absolute Gasteiger partial charge is 0.481 e. The zero-order valence-corrected chi connectivity index (χ0v) is 14.8. The molecule has 0 spiro atoms. The molecule has 0 saturated carbocycles. The van der Waals surface area contributed by atoms with E-state index >= 15 is 0 Å². The minimum Gasteiger partial charge on any atom is -0.481 e. The average Bonchev–Trinajstić information content (AvgIpc) is 2.60. The van der Waals surface area contributed by atoms with E-state index in [1.165, 1.54) is 0 Å². The van der Waals surface area contributed by atoms with Gasteiger partial charge >= 0.3 is 11.9 Å². The molecule has 0 aromatic heterocycles. The van der Waals surface area contributed by atoms with Gasteiger partial charge in [-0.2, -0.15) is 0 Å². The third-order valence-electron chi connectivity index (χ3n) is 3.67. The Bertz CT molecular complexity index is 738. The van der Waals surface area contributed by atoms with Crippen LogP contribution in [-0.4, -0.2) is 58.0 Å². The Morgan fingerprint density at radius 3 is 1.96 bits per heavy atom. The van der Waals surface area contributed by atoms with Crippen molar-refractivity contribution in [2.45, 2.75) is 37.4 Å². The molecule has 11 nitrogen and oxygen atoms in total. The van der Waals surface area contributed by atoms with E-state index < -0.39 is 60.6 Å². The van der Waals surface area contributed by atoms with Gasteiger partial charge in [0.15, 0.2) is 0 Å². The fourth-order valence-electron chi connectivity index (χ4n) is 2.29. The van der Waals surface area contributed by atoms with Crippen molar-refractivity contribution >= 4 is 29.7 Å². The lowest BCUT2D eigenvalue weighted by Gasteiger charge is -2.21. The van der Waals surface area contributed by atoms with Crippen molar-refractivity contribution in [3.05, 3.63) is 35.9 Å². The summed E-state index contributed by atoms with van der Waals surface area (Å²) in [5.41, 5.74) is 11.0. The van der Waals surface area contributed by atoms with Crippen molar-refractivity contribution in [1.82, 2.24) is 10.6 Å². The first kappa shape index (κ1) is 22.6. The molecule has 0 aliphatic rings. The number of amides is 3. The van der Waals surface area contributed by atoms with Crippen LogP contribution in [-0.2, 0) is 30.4 Å². The van der Waals surface area contributed by atoms with E-state index in [0.29, 0.717) is 5.56 Å². The summed E-state index contributed by atoms with van der Waals surface area (Å²) >= 11 is 0. The fraction of sp³-hybridized carbons (Fsp3) is 0.353. The molecule has 0 saturated heterocycles. The molecule has 0 bridgehead atoms. The Morgan fingerprint density at radius 1 is 0.893 bits per heavy atom. The Hall–Kier alpha value is -3.47. The van der Waals surface area contributed by atoms with Crippen LogP contribution in [0.3, 0.4) is 0 Å². The number of benzene rings is 1. The second-order valence-electron chi connectivity index (χ2n) is 6.03. The quantitative estimate of drug-likeness (QED) is 0.246. The Labute approximate surface area is 160 Å². The molecule has 152 valence electrons. The highest BCUT2D eigenvalue weighted by Crippen LogP contribution is 2.05. The number of rotatable bonds is 11. The number of aliphatic carboxylic acids is 2. The second-order valence-corrected chi connectivity index (χ2v) is 6.03. The molecule has 1 aromatic rings. The summed E-state index contributed by atoms with van der Waals surface area (Å²) in [6, 6.07) is 4.17. The molecule has 8 N–H and O–H groups in total. The highest BCUT2D eigenvalue weighted by molar-refractivity contribution is 5.95. The first-order chi connectivity index (χ1) is 13.1. The maximum atomic E-state index is 12.4. The van der Waals surface area contributed by atoms with E-state index in [0.717, 1.165) is 0 Å². The lowest BCUT2D eigenvalue weighted by Crippen LogP contribution is -2.55. The van der Waals surface area contributed by atoms with Gasteiger partial charge in [0.25, 0.3) is 0 Å². The first-order valence-electron chi connectivity index (χ1n) is 8.23. The van der Waals surface area contributed by atoms with E-state index in [9.17, 15) is 29.1 Å². The van der Waals surface area contributed by atoms with Gasteiger partial charge in [0.2, 0.25) is 17.7 Å². The van der Waals surface area contributed by atoms with Gasteiger partial charge in [-0.05, 0) is 5.56 Å². The Morgan fingerprint density at radius 2 is 1.46 bits per heavy atom. The topological polar surface area (TPSA) is 202 Å². The van der Waals surface area contributed by atoms with E-state index in [4.69, 9.17) is 16.6 Å². The maximum Gasteiger partial charge on any atom is 0.326 e. The lowest BCUT2D eigenvalue weighted by molar-refractivity contribution is -0.143. The number of carboxylic acid groups (broad SMARTS) is 2. The van der Waals surface area contributed by atoms with E-state index in [1.807, 2.05) is 0 Å². The van der Waals surface area contributed by atoms with Crippen LogP contribution in [0.15, 0.2) is 30.3 Å². The highest BCUT2D eigenvalue weighted by atomic mass is 16.4. The summed E-state index contributed by atoms with van der Waals surface area (Å²) in [5, 5.41) is 22.6. The van der Waals surface area contributed by atoms with Crippen LogP contribution in [0, 0.1) is 0 Å². The van der Waals surface area contributed by atoms with E-state index in [1.54, 1.807) is 30.3 Å². The van der Waals surface area contributed by atoms with Crippen LogP contribution in [0.25, 0.3) is 0 Å². The summed E-state index contributed by atoms with van der Waals surface area (Å²) in [6.07, 6.45) is -1.35. The standard InChI is InChI=1S/C17H22N4O7/c18-10(7-13(19)22)15(25)20-11(8-14(23)24)16(26)21-12(17(27)28)6-9-4-2-1-3-5-9/h1-5,10-12H,6-8,18H2,(H2,19,22)(H,20,25)(H,21,26)(H,23,24)(H,27,28). The molecule has 11 heteroatoms. The number of hydrogen-bond donors (Lipinski definition) is 6. The predicted octanol–water partition coefficient (Wildman–Crippen LogP) is -2.04. The van der Waals surface area contributed by atoms with Crippen LogP contribution in [0.1, 0.15) is 18.4 Å². The molecule has 3 amide bonds. The SMILES string of the molecule is NC(=O)CC(N)C(=O)NC(CC(=O)O)C(=O)NC(Cc1ccccc1)C(=O)O. The van der Waals surface area contributed by atoms with E-state index in [-0.39, 0.29) is 6.42 Å². The minimum atomic E-state index is -1.58. The van der Waals surface area contributed by atoms with Crippen LogP contribution < -0.4 is 22.1 Å². The molecule has 0 aliphatic heterocycles. The van der Waals surface area contributed by atoms with Crippen LogP contribution in [0.2, 0.25) is 0 Å². The molecule has 0 aliphatic carbocycles. The molecule has 3 unspecified atom stereocenters. The van der Waals surface area contributed by atoms with Gasteiger partial charge in [-0.15, -0.1) is 0 Å². The lowest BCUT2D eigenvalue weighted by atomic mass is 10.0. The van der Waals surface area contributed by atoms with Crippen molar-refractivity contribution in [1.29, 1.82) is 0 Å². The van der Waals surface area contributed by atoms with Crippen LogP contribution >= 0.6 is 0 Å². The predicted molar refractivity (Wildman–Crippen MR) is 95.7 cm³/mol. The van der Waals surface area contributed by atoms with Crippen LogP contribution in [0.5, 0.6) is 0 Å². The van der Waals surface area contributed by atoms with Crippen LogP contribution in [0.4, 0.5) is 0 Å². The van der Waals surface area contributed by atoms with Gasteiger partial charge in [-0.25, -0.2) is 4.79 Å². The van der Waals surface area contributed by atoms with Gasteiger partial charge in [0.05, 0.1) is 18.9 Å². The Balaban J connectivity index is 2.86. The molecule has 1 rings (SSSR count). The number of nitrogens with one attached hydrogen (secondary N) is 2. The van der Waals surface area contributed by atoms with Crippen molar-refractivity contribution in [2.24, 2.45) is 11.5 Å². The number of primary amides is 1. The van der Waals surface area contributed by atoms with Gasteiger partial charge in [-0.1, -0.05) is 30.3 Å².